The van der Waals surface area contributed by atoms with Crippen LogP contribution >= 0.6 is 23.1 Å². The Bertz CT molecular complexity index is 881. The summed E-state index contributed by atoms with van der Waals surface area (Å²) in [5.74, 6) is 1.12. The van der Waals surface area contributed by atoms with Gasteiger partial charge in [0, 0.05) is 10.9 Å². The molecule has 2 aromatic heterocycles. The van der Waals surface area contributed by atoms with Gasteiger partial charge in [-0.15, -0.1) is 11.3 Å². The standard InChI is InChI=1S/C19H24N2O3S2/c1-2-24-19(23)25-11-15-20-17-16(13-9-6-10-14(13)26-17)18(22)21(15)12-7-4-3-5-8-12/h12H,2-11H2,1H3. The van der Waals surface area contributed by atoms with Crippen LogP contribution < -0.4 is 5.56 Å². The van der Waals surface area contributed by atoms with E-state index in [9.17, 15) is 9.59 Å². The number of fused-ring (bicyclic) bond motifs is 3. The molecule has 0 atom stereocenters. The van der Waals surface area contributed by atoms with Gasteiger partial charge in [-0.1, -0.05) is 19.3 Å². The lowest BCUT2D eigenvalue weighted by atomic mass is 9.95. The largest absolute Gasteiger partial charge is 0.458 e. The van der Waals surface area contributed by atoms with Crippen LogP contribution in [0, 0.1) is 0 Å². The van der Waals surface area contributed by atoms with E-state index < -0.39 is 0 Å². The first-order valence-electron chi connectivity index (χ1n) is 9.54. The number of nitrogens with zero attached hydrogens (tertiary/aromatic N) is 2. The molecule has 0 N–H and O–H groups in total. The van der Waals surface area contributed by atoms with Gasteiger partial charge in [0.1, 0.15) is 10.7 Å². The Morgan fingerprint density at radius 1 is 1.27 bits per heavy atom. The van der Waals surface area contributed by atoms with Crippen molar-refractivity contribution >= 4 is 38.6 Å². The van der Waals surface area contributed by atoms with E-state index in [1.807, 2.05) is 4.57 Å². The van der Waals surface area contributed by atoms with Crippen LogP contribution in [0.25, 0.3) is 10.2 Å². The highest BCUT2D eigenvalue weighted by atomic mass is 32.2. The van der Waals surface area contributed by atoms with E-state index >= 15 is 0 Å². The number of ether oxygens (including phenoxy) is 1. The second-order valence-electron chi connectivity index (χ2n) is 7.00. The Balaban J connectivity index is 1.77. The van der Waals surface area contributed by atoms with Crippen molar-refractivity contribution < 1.29 is 9.53 Å². The minimum absolute atomic E-state index is 0.112. The lowest BCUT2D eigenvalue weighted by molar-refractivity contribution is 0.181. The Morgan fingerprint density at radius 3 is 2.85 bits per heavy atom. The van der Waals surface area contributed by atoms with Crippen molar-refractivity contribution in [2.75, 3.05) is 6.61 Å². The zero-order valence-corrected chi connectivity index (χ0v) is 16.7. The monoisotopic (exact) mass is 392 g/mol. The molecular formula is C19H24N2O3S2. The third kappa shape index (κ3) is 3.31. The summed E-state index contributed by atoms with van der Waals surface area (Å²) in [6.07, 6.45) is 8.79. The molecule has 0 bridgehead atoms. The van der Waals surface area contributed by atoms with Gasteiger partial charge in [0.05, 0.1) is 17.7 Å². The first-order chi connectivity index (χ1) is 12.7. The Labute approximate surface area is 161 Å². The fourth-order valence-electron chi connectivity index (χ4n) is 4.20. The number of thiophene rings is 1. The summed E-state index contributed by atoms with van der Waals surface area (Å²) < 4.78 is 6.94. The van der Waals surface area contributed by atoms with Gasteiger partial charge in [0.2, 0.25) is 0 Å². The molecule has 2 aromatic rings. The van der Waals surface area contributed by atoms with Crippen molar-refractivity contribution in [1.29, 1.82) is 0 Å². The quantitative estimate of drug-likeness (QED) is 0.697. The average molecular weight is 393 g/mol. The molecule has 0 saturated heterocycles. The molecule has 1 saturated carbocycles. The third-order valence-electron chi connectivity index (χ3n) is 5.37. The zero-order valence-electron chi connectivity index (χ0n) is 15.1. The summed E-state index contributed by atoms with van der Waals surface area (Å²) in [7, 11) is 0. The van der Waals surface area contributed by atoms with E-state index in [1.165, 1.54) is 16.9 Å². The van der Waals surface area contributed by atoms with Crippen LogP contribution in [0.3, 0.4) is 0 Å². The van der Waals surface area contributed by atoms with Gasteiger partial charge in [0.25, 0.3) is 5.56 Å². The summed E-state index contributed by atoms with van der Waals surface area (Å²) in [6, 6.07) is 0.211. The molecule has 0 radical (unpaired) electrons. The molecular weight excluding hydrogens is 368 g/mol. The number of hydrogen-bond donors (Lipinski definition) is 0. The van der Waals surface area contributed by atoms with Crippen LogP contribution in [-0.2, 0) is 23.3 Å². The van der Waals surface area contributed by atoms with Gasteiger partial charge in [-0.3, -0.25) is 9.36 Å². The van der Waals surface area contributed by atoms with Crippen molar-refractivity contribution in [1.82, 2.24) is 9.55 Å². The van der Waals surface area contributed by atoms with Gasteiger partial charge in [-0.05, 0) is 56.4 Å². The minimum Gasteiger partial charge on any atom is -0.458 e. The molecule has 0 aromatic carbocycles. The number of thioether (sulfide) groups is 1. The summed E-state index contributed by atoms with van der Waals surface area (Å²) >= 11 is 2.77. The first-order valence-corrected chi connectivity index (χ1v) is 11.3. The highest BCUT2D eigenvalue weighted by Crippen LogP contribution is 2.36. The number of aryl methyl sites for hydroxylation is 2. The zero-order chi connectivity index (χ0) is 18.1. The molecule has 140 valence electrons. The Hall–Kier alpha value is -1.34. The van der Waals surface area contributed by atoms with E-state index in [2.05, 4.69) is 0 Å². The summed E-state index contributed by atoms with van der Waals surface area (Å²) in [4.78, 5) is 32.3. The van der Waals surface area contributed by atoms with Gasteiger partial charge < -0.3 is 4.74 Å². The number of carbonyl (C=O) groups excluding carboxylic acids is 1. The summed E-state index contributed by atoms with van der Waals surface area (Å²) in [6.45, 7) is 2.17. The van der Waals surface area contributed by atoms with Crippen molar-refractivity contribution in [3.8, 4) is 0 Å². The van der Waals surface area contributed by atoms with Crippen LogP contribution in [0.2, 0.25) is 0 Å². The minimum atomic E-state index is -0.300. The fraction of sp³-hybridized carbons (Fsp3) is 0.632. The van der Waals surface area contributed by atoms with Crippen LogP contribution in [0.15, 0.2) is 4.79 Å². The molecule has 4 rings (SSSR count). The lowest BCUT2D eigenvalue weighted by Crippen LogP contribution is -2.30. The number of carbonyl (C=O) groups is 1. The average Bonchev–Trinajstić information content (AvgIpc) is 3.21. The maximum atomic E-state index is 13.4. The van der Waals surface area contributed by atoms with Gasteiger partial charge in [-0.25, -0.2) is 9.78 Å². The van der Waals surface area contributed by atoms with E-state index in [0.717, 1.165) is 72.7 Å². The lowest BCUT2D eigenvalue weighted by Gasteiger charge is -2.26. The molecule has 1 fully saturated rings. The molecule has 2 aliphatic carbocycles. The molecule has 2 heterocycles. The number of aromatic nitrogens is 2. The normalized spacial score (nSPS) is 17.6. The predicted octanol–water partition coefficient (Wildman–Crippen LogP) is 4.84. The van der Waals surface area contributed by atoms with Crippen LogP contribution in [-0.4, -0.2) is 21.5 Å². The van der Waals surface area contributed by atoms with E-state index in [-0.39, 0.29) is 16.9 Å². The van der Waals surface area contributed by atoms with E-state index in [1.54, 1.807) is 18.3 Å². The summed E-state index contributed by atoms with van der Waals surface area (Å²) in [5.41, 5.74) is 1.34. The Kier molecular flexibility index (Phi) is 5.36. The maximum absolute atomic E-state index is 13.4. The summed E-state index contributed by atoms with van der Waals surface area (Å²) in [5, 5.41) is 0.545. The van der Waals surface area contributed by atoms with Crippen molar-refractivity contribution in [2.24, 2.45) is 0 Å². The molecule has 7 heteroatoms. The van der Waals surface area contributed by atoms with E-state index in [0.29, 0.717) is 12.4 Å². The second-order valence-corrected chi connectivity index (χ2v) is 9.00. The molecule has 0 amide bonds. The number of rotatable bonds is 4. The van der Waals surface area contributed by atoms with E-state index in [4.69, 9.17) is 9.72 Å². The smallest absolute Gasteiger partial charge is 0.367 e. The highest BCUT2D eigenvalue weighted by Gasteiger charge is 2.27. The topological polar surface area (TPSA) is 61.2 Å². The second kappa shape index (κ2) is 7.72. The van der Waals surface area contributed by atoms with Crippen molar-refractivity contribution in [3.05, 3.63) is 26.6 Å². The van der Waals surface area contributed by atoms with Crippen molar-refractivity contribution in [2.45, 2.75) is 70.1 Å². The van der Waals surface area contributed by atoms with Crippen LogP contribution in [0.5, 0.6) is 0 Å². The van der Waals surface area contributed by atoms with Crippen LogP contribution in [0.1, 0.15) is 67.8 Å². The van der Waals surface area contributed by atoms with Gasteiger partial charge in [-0.2, -0.15) is 0 Å². The van der Waals surface area contributed by atoms with Crippen molar-refractivity contribution in [3.63, 3.8) is 0 Å². The molecule has 5 nitrogen and oxygen atoms in total. The van der Waals surface area contributed by atoms with Crippen LogP contribution in [0.4, 0.5) is 4.79 Å². The third-order valence-corrected chi connectivity index (χ3v) is 7.31. The Morgan fingerprint density at radius 2 is 2.08 bits per heavy atom. The fourth-order valence-corrected chi connectivity index (χ4v) is 6.12. The molecule has 26 heavy (non-hydrogen) atoms. The van der Waals surface area contributed by atoms with Gasteiger partial charge >= 0.3 is 5.30 Å². The maximum Gasteiger partial charge on any atom is 0.367 e. The molecule has 0 spiro atoms. The van der Waals surface area contributed by atoms with Gasteiger partial charge in [0.15, 0.2) is 0 Å². The number of hydrogen-bond acceptors (Lipinski definition) is 6. The predicted molar refractivity (Wildman–Crippen MR) is 106 cm³/mol. The molecule has 0 aliphatic heterocycles. The SMILES string of the molecule is CCOC(=O)SCc1nc2sc3c(c2c(=O)n1C1CCCCC1)CCC3. The first kappa shape index (κ1) is 18.0. The molecule has 0 unspecified atom stereocenters. The highest BCUT2D eigenvalue weighted by molar-refractivity contribution is 8.12. The molecule has 2 aliphatic rings.